The van der Waals surface area contributed by atoms with Gasteiger partial charge in [0.2, 0.25) is 0 Å². The molecule has 0 atom stereocenters. The molecule has 0 fully saturated rings. The fraction of sp³-hybridized carbons (Fsp3) is 0.889. The molecular formula is C9H20O. The molecule has 0 aliphatic rings. The molecule has 0 aromatic carbocycles. The summed E-state index contributed by atoms with van der Waals surface area (Å²) in [6.45, 7) is 8.09. The van der Waals surface area contributed by atoms with E-state index in [1.165, 1.54) is 0 Å². The summed E-state index contributed by atoms with van der Waals surface area (Å²) >= 11 is 0. The van der Waals surface area contributed by atoms with Crippen molar-refractivity contribution in [1.29, 1.82) is 0 Å². The van der Waals surface area contributed by atoms with Crippen molar-refractivity contribution in [3.8, 4) is 0 Å². The lowest BCUT2D eigenvalue weighted by atomic mass is 9.90. The third-order valence-electron chi connectivity index (χ3n) is 1.23. The molecule has 1 nitrogen and oxygen atoms in total. The molecule has 0 aromatic heterocycles. The molecule has 62 valence electrons. The first-order valence-electron chi connectivity index (χ1n) is 3.41. The van der Waals surface area contributed by atoms with E-state index >= 15 is 0 Å². The van der Waals surface area contributed by atoms with Crippen molar-refractivity contribution < 1.29 is 4.79 Å². The van der Waals surface area contributed by atoms with E-state index < -0.39 is 0 Å². The predicted octanol–water partition coefficient (Wildman–Crippen LogP) is 3.04. The minimum absolute atomic E-state index is 0. The molecule has 0 radical (unpaired) electrons. The topological polar surface area (TPSA) is 17.1 Å². The van der Waals surface area contributed by atoms with Crippen LogP contribution in [0.4, 0.5) is 0 Å². The van der Waals surface area contributed by atoms with Gasteiger partial charge >= 0.3 is 0 Å². The lowest BCUT2D eigenvalue weighted by molar-refractivity contribution is -0.117. The van der Waals surface area contributed by atoms with Gasteiger partial charge in [-0.2, -0.15) is 0 Å². The predicted molar refractivity (Wildman–Crippen MR) is 46.1 cm³/mol. The monoisotopic (exact) mass is 144 g/mol. The van der Waals surface area contributed by atoms with Crippen molar-refractivity contribution in [2.45, 2.75) is 48.0 Å². The van der Waals surface area contributed by atoms with Gasteiger partial charge in [0, 0.05) is 6.42 Å². The Morgan fingerprint density at radius 1 is 1.30 bits per heavy atom. The highest BCUT2D eigenvalue weighted by Crippen LogP contribution is 2.20. The SMILES string of the molecule is C.CC(=O)CCC(C)(C)C. The molecule has 0 aromatic rings. The molecule has 0 spiro atoms. The van der Waals surface area contributed by atoms with E-state index in [1.807, 2.05) is 0 Å². The molecule has 0 N–H and O–H groups in total. The van der Waals surface area contributed by atoms with Gasteiger partial charge in [-0.05, 0) is 18.8 Å². The third kappa shape index (κ3) is 10.6. The zero-order chi connectivity index (χ0) is 7.49. The smallest absolute Gasteiger partial charge is 0.129 e. The molecule has 0 amide bonds. The summed E-state index contributed by atoms with van der Waals surface area (Å²) in [4.78, 5) is 10.5. The molecule has 0 aliphatic heterocycles. The lowest BCUT2D eigenvalue weighted by Gasteiger charge is -2.15. The normalized spacial score (nSPS) is 10.4. The van der Waals surface area contributed by atoms with E-state index in [2.05, 4.69) is 20.8 Å². The summed E-state index contributed by atoms with van der Waals surface area (Å²) in [7, 11) is 0. The van der Waals surface area contributed by atoms with Gasteiger partial charge < -0.3 is 4.79 Å². The molecule has 0 bridgehead atoms. The summed E-state index contributed by atoms with van der Waals surface area (Å²) in [5, 5.41) is 0. The second kappa shape index (κ2) is 4.48. The number of hydrogen-bond donors (Lipinski definition) is 0. The van der Waals surface area contributed by atoms with Crippen molar-refractivity contribution in [1.82, 2.24) is 0 Å². The average molecular weight is 144 g/mol. The highest BCUT2D eigenvalue weighted by Gasteiger charge is 2.09. The Kier molecular flexibility index (Phi) is 5.54. The summed E-state index contributed by atoms with van der Waals surface area (Å²) in [5.74, 6) is 0.296. The molecule has 0 rings (SSSR count). The van der Waals surface area contributed by atoms with Gasteiger partial charge in [0.25, 0.3) is 0 Å². The average Bonchev–Trinajstić information content (AvgIpc) is 1.59. The Bertz CT molecular complexity index is 97.8. The molecule has 0 aliphatic carbocycles. The van der Waals surface area contributed by atoms with E-state index in [9.17, 15) is 4.79 Å². The van der Waals surface area contributed by atoms with Crippen molar-refractivity contribution in [2.24, 2.45) is 5.41 Å². The van der Waals surface area contributed by atoms with Crippen LogP contribution in [0.3, 0.4) is 0 Å². The maximum atomic E-state index is 10.5. The molecule has 0 unspecified atom stereocenters. The van der Waals surface area contributed by atoms with Crippen LogP contribution >= 0.6 is 0 Å². The molecule has 0 saturated carbocycles. The van der Waals surface area contributed by atoms with E-state index in [1.54, 1.807) is 6.92 Å². The molecule has 0 heterocycles. The van der Waals surface area contributed by atoms with Crippen LogP contribution in [0.25, 0.3) is 0 Å². The fourth-order valence-electron chi connectivity index (χ4n) is 0.551. The van der Waals surface area contributed by atoms with Crippen molar-refractivity contribution >= 4 is 5.78 Å². The quantitative estimate of drug-likeness (QED) is 0.582. The summed E-state index contributed by atoms with van der Waals surface area (Å²) in [5.41, 5.74) is 0.311. The first-order chi connectivity index (χ1) is 3.92. The Hall–Kier alpha value is -0.330. The van der Waals surface area contributed by atoms with Crippen LogP contribution in [0.5, 0.6) is 0 Å². The number of carbonyl (C=O) groups is 1. The summed E-state index contributed by atoms with van der Waals surface area (Å²) < 4.78 is 0. The highest BCUT2D eigenvalue weighted by molar-refractivity contribution is 5.75. The van der Waals surface area contributed by atoms with E-state index in [-0.39, 0.29) is 7.43 Å². The Morgan fingerprint density at radius 2 is 1.70 bits per heavy atom. The second-order valence-corrected chi connectivity index (χ2v) is 3.76. The van der Waals surface area contributed by atoms with Crippen molar-refractivity contribution in [2.75, 3.05) is 0 Å². The van der Waals surface area contributed by atoms with Gasteiger partial charge in [-0.25, -0.2) is 0 Å². The Morgan fingerprint density at radius 3 is 1.80 bits per heavy atom. The van der Waals surface area contributed by atoms with Crippen LogP contribution in [0.1, 0.15) is 48.0 Å². The first-order valence-corrected chi connectivity index (χ1v) is 3.41. The van der Waals surface area contributed by atoms with Gasteiger partial charge in [-0.1, -0.05) is 28.2 Å². The summed E-state index contributed by atoms with van der Waals surface area (Å²) in [6.07, 6.45) is 1.73. The Balaban J connectivity index is 0. The summed E-state index contributed by atoms with van der Waals surface area (Å²) in [6, 6.07) is 0. The third-order valence-corrected chi connectivity index (χ3v) is 1.23. The van der Waals surface area contributed by atoms with E-state index in [0.29, 0.717) is 11.2 Å². The van der Waals surface area contributed by atoms with Crippen molar-refractivity contribution in [3.05, 3.63) is 0 Å². The maximum Gasteiger partial charge on any atom is 0.129 e. The minimum Gasteiger partial charge on any atom is -0.300 e. The highest BCUT2D eigenvalue weighted by atomic mass is 16.1. The lowest BCUT2D eigenvalue weighted by Crippen LogP contribution is -2.06. The van der Waals surface area contributed by atoms with Gasteiger partial charge in [0.15, 0.2) is 0 Å². The van der Waals surface area contributed by atoms with Gasteiger partial charge in [0.05, 0.1) is 0 Å². The molecule has 1 heteroatoms. The van der Waals surface area contributed by atoms with Crippen LogP contribution in [0, 0.1) is 5.41 Å². The standard InChI is InChI=1S/C8H16O.CH4/c1-7(9)5-6-8(2,3)4;/h5-6H2,1-4H3;1H4. The number of rotatable bonds is 2. The van der Waals surface area contributed by atoms with Crippen LogP contribution in [-0.4, -0.2) is 5.78 Å². The van der Waals surface area contributed by atoms with E-state index in [4.69, 9.17) is 0 Å². The number of hydrogen-bond acceptors (Lipinski definition) is 1. The molecule has 10 heavy (non-hydrogen) atoms. The van der Waals surface area contributed by atoms with Gasteiger partial charge in [-0.15, -0.1) is 0 Å². The number of ketones is 1. The first kappa shape index (κ1) is 12.4. The largest absolute Gasteiger partial charge is 0.300 e. The zero-order valence-electron chi connectivity index (χ0n) is 6.82. The second-order valence-electron chi connectivity index (χ2n) is 3.76. The van der Waals surface area contributed by atoms with Crippen molar-refractivity contribution in [3.63, 3.8) is 0 Å². The molecule has 0 saturated heterocycles. The number of carbonyl (C=O) groups excluding carboxylic acids is 1. The van der Waals surface area contributed by atoms with Gasteiger partial charge in [-0.3, -0.25) is 0 Å². The maximum absolute atomic E-state index is 10.5. The van der Waals surface area contributed by atoms with Crippen LogP contribution in [0.15, 0.2) is 0 Å². The van der Waals surface area contributed by atoms with E-state index in [0.717, 1.165) is 12.8 Å². The fourth-order valence-corrected chi connectivity index (χ4v) is 0.551. The zero-order valence-corrected chi connectivity index (χ0v) is 6.82. The minimum atomic E-state index is 0. The Labute approximate surface area is 64.8 Å². The number of Topliss-reactive ketones (excluding diaryl/α,β-unsaturated/α-hetero) is 1. The van der Waals surface area contributed by atoms with Crippen LogP contribution in [-0.2, 0) is 4.79 Å². The van der Waals surface area contributed by atoms with Crippen LogP contribution < -0.4 is 0 Å². The molecular weight excluding hydrogens is 124 g/mol. The van der Waals surface area contributed by atoms with Gasteiger partial charge in [0.1, 0.15) is 5.78 Å². The van der Waals surface area contributed by atoms with Crippen LogP contribution in [0.2, 0.25) is 0 Å².